The molecule has 0 aromatic carbocycles. The van der Waals surface area contributed by atoms with E-state index >= 15 is 0 Å². The molecule has 0 bridgehead atoms. The smallest absolute Gasteiger partial charge is 0.407 e. The van der Waals surface area contributed by atoms with Crippen LogP contribution in [0.5, 0.6) is 0 Å². The summed E-state index contributed by atoms with van der Waals surface area (Å²) >= 11 is 0. The van der Waals surface area contributed by atoms with Gasteiger partial charge < -0.3 is 19.7 Å². The minimum atomic E-state index is -0.415. The van der Waals surface area contributed by atoms with Gasteiger partial charge in [0.15, 0.2) is 0 Å². The lowest BCUT2D eigenvalue weighted by Gasteiger charge is -2.31. The average Bonchev–Trinajstić information content (AvgIpc) is 2.30. The van der Waals surface area contributed by atoms with Gasteiger partial charge in [0, 0.05) is 26.2 Å². The number of nitrogens with one attached hydrogen (secondary N) is 1. The first-order valence-electron chi connectivity index (χ1n) is 5.28. The van der Waals surface area contributed by atoms with E-state index in [4.69, 9.17) is 4.74 Å². The molecule has 0 atom stereocenters. The van der Waals surface area contributed by atoms with Gasteiger partial charge in [0.25, 0.3) is 0 Å². The van der Waals surface area contributed by atoms with Gasteiger partial charge in [0.2, 0.25) is 5.91 Å². The fourth-order valence-corrected chi connectivity index (χ4v) is 1.71. The largest absolute Gasteiger partial charge is 0.453 e. The number of carbonyl (C=O) groups excluding carboxylic acids is 2. The van der Waals surface area contributed by atoms with Crippen LogP contribution in [0.25, 0.3) is 0 Å². The third kappa shape index (κ3) is 3.69. The summed E-state index contributed by atoms with van der Waals surface area (Å²) in [4.78, 5) is 24.2. The van der Waals surface area contributed by atoms with Gasteiger partial charge in [-0.2, -0.15) is 0 Å². The van der Waals surface area contributed by atoms with Crippen LogP contribution in [0.1, 0.15) is 12.8 Å². The molecule has 1 fully saturated rings. The summed E-state index contributed by atoms with van der Waals surface area (Å²) in [5.41, 5.74) is 0. The van der Waals surface area contributed by atoms with Gasteiger partial charge in [0.05, 0.1) is 7.11 Å². The van der Waals surface area contributed by atoms with Crippen molar-refractivity contribution < 1.29 is 19.1 Å². The molecular weight excluding hydrogens is 212 g/mol. The highest BCUT2D eigenvalue weighted by atomic mass is 16.5. The molecule has 6 nitrogen and oxygen atoms in total. The summed E-state index contributed by atoms with van der Waals surface area (Å²) in [7, 11) is 2.84. The average molecular weight is 230 g/mol. The lowest BCUT2D eigenvalue weighted by Crippen LogP contribution is -2.47. The van der Waals surface area contributed by atoms with Crippen molar-refractivity contribution in [2.75, 3.05) is 33.9 Å². The number of amides is 2. The lowest BCUT2D eigenvalue weighted by atomic mass is 10.1. The number of methoxy groups -OCH3 is 2. The predicted octanol–water partition coefficient (Wildman–Crippen LogP) is -0.0202. The standard InChI is InChI=1S/C10H18N2O4/c1-15-7-9(13)12-5-3-8(4-6-12)11-10(14)16-2/h8H,3-7H2,1-2H3,(H,11,14). The van der Waals surface area contributed by atoms with Crippen LogP contribution in [0, 0.1) is 0 Å². The SMILES string of the molecule is COCC(=O)N1CCC(NC(=O)OC)CC1. The van der Waals surface area contributed by atoms with E-state index in [0.29, 0.717) is 13.1 Å². The van der Waals surface area contributed by atoms with E-state index in [1.54, 1.807) is 4.90 Å². The lowest BCUT2D eigenvalue weighted by molar-refractivity contribution is -0.136. The maximum absolute atomic E-state index is 11.5. The van der Waals surface area contributed by atoms with Crippen molar-refractivity contribution in [3.63, 3.8) is 0 Å². The van der Waals surface area contributed by atoms with Crippen molar-refractivity contribution in [1.82, 2.24) is 10.2 Å². The topological polar surface area (TPSA) is 67.9 Å². The summed E-state index contributed by atoms with van der Waals surface area (Å²) in [6.45, 7) is 1.42. The number of piperidine rings is 1. The second-order valence-electron chi connectivity index (χ2n) is 3.72. The van der Waals surface area contributed by atoms with E-state index in [1.807, 2.05) is 0 Å². The molecule has 1 aliphatic rings. The molecule has 92 valence electrons. The normalized spacial score (nSPS) is 17.0. The Morgan fingerprint density at radius 3 is 2.44 bits per heavy atom. The van der Waals surface area contributed by atoms with Crippen LogP contribution in [0.2, 0.25) is 0 Å². The monoisotopic (exact) mass is 230 g/mol. The number of hydrogen-bond acceptors (Lipinski definition) is 4. The molecule has 1 heterocycles. The Hall–Kier alpha value is -1.30. The van der Waals surface area contributed by atoms with Gasteiger partial charge >= 0.3 is 6.09 Å². The second kappa shape index (κ2) is 6.32. The number of nitrogens with zero attached hydrogens (tertiary/aromatic N) is 1. The highest BCUT2D eigenvalue weighted by molar-refractivity contribution is 5.77. The Balaban J connectivity index is 2.28. The van der Waals surface area contributed by atoms with Crippen LogP contribution in [-0.4, -0.2) is 56.9 Å². The van der Waals surface area contributed by atoms with E-state index in [9.17, 15) is 9.59 Å². The Morgan fingerprint density at radius 1 is 1.31 bits per heavy atom. The first-order chi connectivity index (χ1) is 7.67. The number of carbonyl (C=O) groups is 2. The summed E-state index contributed by atoms with van der Waals surface area (Å²) in [5, 5.41) is 2.73. The number of alkyl carbamates (subject to hydrolysis) is 1. The molecule has 1 N–H and O–H groups in total. The Bertz CT molecular complexity index is 249. The van der Waals surface area contributed by atoms with Crippen molar-refractivity contribution >= 4 is 12.0 Å². The van der Waals surface area contributed by atoms with Crippen LogP contribution in [-0.2, 0) is 14.3 Å². The number of ether oxygens (including phenoxy) is 2. The van der Waals surface area contributed by atoms with Gasteiger partial charge in [-0.25, -0.2) is 4.79 Å². The highest BCUT2D eigenvalue weighted by Crippen LogP contribution is 2.10. The predicted molar refractivity (Wildman–Crippen MR) is 57.0 cm³/mol. The molecule has 0 spiro atoms. The zero-order valence-electron chi connectivity index (χ0n) is 9.69. The van der Waals surface area contributed by atoms with Gasteiger partial charge in [0.1, 0.15) is 6.61 Å². The van der Waals surface area contributed by atoms with Crippen molar-refractivity contribution in [3.8, 4) is 0 Å². The second-order valence-corrected chi connectivity index (χ2v) is 3.72. The molecule has 0 radical (unpaired) electrons. The fraction of sp³-hybridized carbons (Fsp3) is 0.800. The molecular formula is C10H18N2O4. The maximum Gasteiger partial charge on any atom is 0.407 e. The molecule has 0 unspecified atom stereocenters. The van der Waals surface area contributed by atoms with Gasteiger partial charge in [-0.05, 0) is 12.8 Å². The fourth-order valence-electron chi connectivity index (χ4n) is 1.71. The Kier molecular flexibility index (Phi) is 5.04. The molecule has 0 saturated carbocycles. The van der Waals surface area contributed by atoms with E-state index in [1.165, 1.54) is 14.2 Å². The third-order valence-corrected chi connectivity index (χ3v) is 2.62. The zero-order valence-corrected chi connectivity index (χ0v) is 9.69. The van der Waals surface area contributed by atoms with Crippen LogP contribution in [0.4, 0.5) is 4.79 Å². The molecule has 0 aliphatic carbocycles. The van der Waals surface area contributed by atoms with Crippen LogP contribution in [0.15, 0.2) is 0 Å². The van der Waals surface area contributed by atoms with Gasteiger partial charge in [-0.1, -0.05) is 0 Å². The molecule has 16 heavy (non-hydrogen) atoms. The first-order valence-corrected chi connectivity index (χ1v) is 5.28. The Labute approximate surface area is 94.9 Å². The Morgan fingerprint density at radius 2 is 1.94 bits per heavy atom. The molecule has 0 aromatic rings. The number of rotatable bonds is 3. The van der Waals surface area contributed by atoms with Crippen LogP contribution < -0.4 is 5.32 Å². The van der Waals surface area contributed by atoms with Crippen molar-refractivity contribution in [2.24, 2.45) is 0 Å². The van der Waals surface area contributed by atoms with Crippen LogP contribution >= 0.6 is 0 Å². The van der Waals surface area contributed by atoms with E-state index in [2.05, 4.69) is 10.1 Å². The minimum absolute atomic E-state index is 0.000909. The summed E-state index contributed by atoms with van der Waals surface area (Å²) in [5.74, 6) is -0.000909. The van der Waals surface area contributed by atoms with Gasteiger partial charge in [-0.15, -0.1) is 0 Å². The minimum Gasteiger partial charge on any atom is -0.453 e. The summed E-state index contributed by atoms with van der Waals surface area (Å²) in [6.07, 6.45) is 1.09. The van der Waals surface area contributed by atoms with Gasteiger partial charge in [-0.3, -0.25) is 4.79 Å². The van der Waals surface area contributed by atoms with E-state index < -0.39 is 6.09 Å². The summed E-state index contributed by atoms with van der Waals surface area (Å²) < 4.78 is 9.30. The highest BCUT2D eigenvalue weighted by Gasteiger charge is 2.23. The molecule has 0 aromatic heterocycles. The number of likely N-dealkylation sites (tertiary alicyclic amines) is 1. The quantitative estimate of drug-likeness (QED) is 0.740. The van der Waals surface area contributed by atoms with E-state index in [-0.39, 0.29) is 18.6 Å². The van der Waals surface area contributed by atoms with Crippen molar-refractivity contribution in [2.45, 2.75) is 18.9 Å². The number of hydrogen-bond donors (Lipinski definition) is 1. The molecule has 2 amide bonds. The van der Waals surface area contributed by atoms with Crippen LogP contribution in [0.3, 0.4) is 0 Å². The summed E-state index contributed by atoms with van der Waals surface area (Å²) in [6, 6.07) is 0.0963. The molecule has 1 saturated heterocycles. The van der Waals surface area contributed by atoms with Crippen molar-refractivity contribution in [3.05, 3.63) is 0 Å². The third-order valence-electron chi connectivity index (χ3n) is 2.62. The zero-order chi connectivity index (χ0) is 12.0. The van der Waals surface area contributed by atoms with Crippen molar-refractivity contribution in [1.29, 1.82) is 0 Å². The first kappa shape index (κ1) is 12.8. The molecule has 1 rings (SSSR count). The molecule has 6 heteroatoms. The maximum atomic E-state index is 11.5. The molecule has 1 aliphatic heterocycles. The van der Waals surface area contributed by atoms with E-state index in [0.717, 1.165) is 12.8 Å².